The molecule has 16 heavy (non-hydrogen) atoms. The lowest BCUT2D eigenvalue weighted by Crippen LogP contribution is -2.12. The number of hydrogen-bond donors (Lipinski definition) is 2. The minimum Gasteiger partial charge on any atom is -0.478 e. The maximum absolute atomic E-state index is 11.0. The lowest BCUT2D eigenvalue weighted by atomic mass is 9.95. The smallest absolute Gasteiger partial charge is 0.336 e. The monoisotopic (exact) mass is 222 g/mol. The Bertz CT molecular complexity index is 435. The zero-order valence-electron chi connectivity index (χ0n) is 9.28. The second-order valence-electron chi connectivity index (χ2n) is 3.49. The first-order valence-electron chi connectivity index (χ1n) is 5.13. The van der Waals surface area contributed by atoms with Gasteiger partial charge in [0, 0.05) is 0 Å². The molecule has 0 aliphatic heterocycles. The van der Waals surface area contributed by atoms with Crippen LogP contribution in [0.1, 0.15) is 45.7 Å². The number of carbonyl (C=O) groups is 2. The molecule has 0 atom stereocenters. The van der Waals surface area contributed by atoms with E-state index in [4.69, 9.17) is 10.2 Å². The van der Waals surface area contributed by atoms with E-state index in [1.807, 2.05) is 13.8 Å². The highest BCUT2D eigenvalue weighted by Gasteiger charge is 2.20. The standard InChI is InChI=1S/C12H14O4/c1-3-7-5-8(4-2)10(12(15)16)9(6-7)11(13)14/h5-6H,3-4H2,1-2H3,(H,13,14)(H,15,16). The average molecular weight is 222 g/mol. The van der Waals surface area contributed by atoms with Gasteiger partial charge in [-0.3, -0.25) is 0 Å². The van der Waals surface area contributed by atoms with Crippen LogP contribution >= 0.6 is 0 Å². The van der Waals surface area contributed by atoms with Crippen molar-refractivity contribution in [3.8, 4) is 0 Å². The van der Waals surface area contributed by atoms with Crippen molar-refractivity contribution in [3.05, 3.63) is 34.4 Å². The SMILES string of the molecule is CCc1cc(CC)c(C(=O)O)c(C(=O)O)c1. The molecule has 0 aliphatic carbocycles. The average Bonchev–Trinajstić information content (AvgIpc) is 2.26. The van der Waals surface area contributed by atoms with E-state index in [-0.39, 0.29) is 11.1 Å². The van der Waals surface area contributed by atoms with Gasteiger partial charge in [0.05, 0.1) is 11.1 Å². The van der Waals surface area contributed by atoms with Crippen molar-refractivity contribution in [1.82, 2.24) is 0 Å². The zero-order chi connectivity index (χ0) is 12.3. The predicted molar refractivity (Wildman–Crippen MR) is 59.1 cm³/mol. The van der Waals surface area contributed by atoms with Crippen molar-refractivity contribution in [2.75, 3.05) is 0 Å². The minimum absolute atomic E-state index is 0.0906. The summed E-state index contributed by atoms with van der Waals surface area (Å²) >= 11 is 0. The highest BCUT2D eigenvalue weighted by Crippen LogP contribution is 2.19. The molecule has 0 bridgehead atoms. The van der Waals surface area contributed by atoms with Crippen LogP contribution in [0.4, 0.5) is 0 Å². The van der Waals surface area contributed by atoms with Crippen LogP contribution < -0.4 is 0 Å². The lowest BCUT2D eigenvalue weighted by Gasteiger charge is -2.10. The van der Waals surface area contributed by atoms with E-state index in [0.717, 1.165) is 5.56 Å². The van der Waals surface area contributed by atoms with E-state index in [0.29, 0.717) is 18.4 Å². The van der Waals surface area contributed by atoms with Crippen molar-refractivity contribution in [1.29, 1.82) is 0 Å². The summed E-state index contributed by atoms with van der Waals surface area (Å²) in [6, 6.07) is 3.20. The van der Waals surface area contributed by atoms with Crippen molar-refractivity contribution in [2.24, 2.45) is 0 Å². The van der Waals surface area contributed by atoms with Crippen molar-refractivity contribution >= 4 is 11.9 Å². The molecule has 0 aliphatic rings. The molecule has 4 nitrogen and oxygen atoms in total. The summed E-state index contributed by atoms with van der Waals surface area (Å²) in [5.74, 6) is -2.38. The van der Waals surface area contributed by atoms with Crippen molar-refractivity contribution < 1.29 is 19.8 Å². The van der Waals surface area contributed by atoms with Gasteiger partial charge in [0.25, 0.3) is 0 Å². The highest BCUT2D eigenvalue weighted by molar-refractivity contribution is 6.03. The lowest BCUT2D eigenvalue weighted by molar-refractivity contribution is 0.0650. The van der Waals surface area contributed by atoms with Gasteiger partial charge < -0.3 is 10.2 Å². The van der Waals surface area contributed by atoms with E-state index in [9.17, 15) is 9.59 Å². The van der Waals surface area contributed by atoms with E-state index < -0.39 is 11.9 Å². The first-order chi connectivity index (χ1) is 7.51. The Kier molecular flexibility index (Phi) is 3.66. The summed E-state index contributed by atoms with van der Waals surface area (Å²) < 4.78 is 0. The molecule has 0 aromatic heterocycles. The Morgan fingerprint density at radius 3 is 2.06 bits per heavy atom. The van der Waals surface area contributed by atoms with Crippen LogP contribution in [-0.2, 0) is 12.8 Å². The summed E-state index contributed by atoms with van der Waals surface area (Å²) in [4.78, 5) is 22.0. The van der Waals surface area contributed by atoms with E-state index in [2.05, 4.69) is 0 Å². The maximum atomic E-state index is 11.0. The van der Waals surface area contributed by atoms with Gasteiger partial charge in [-0.1, -0.05) is 19.9 Å². The molecule has 2 N–H and O–H groups in total. The Morgan fingerprint density at radius 2 is 1.69 bits per heavy atom. The first-order valence-corrected chi connectivity index (χ1v) is 5.13. The molecule has 0 spiro atoms. The van der Waals surface area contributed by atoms with Gasteiger partial charge in [-0.15, -0.1) is 0 Å². The summed E-state index contributed by atoms with van der Waals surface area (Å²) in [5, 5.41) is 18.0. The number of aryl methyl sites for hydroxylation is 2. The van der Waals surface area contributed by atoms with Gasteiger partial charge in [0.2, 0.25) is 0 Å². The molecule has 0 saturated carbocycles. The number of aromatic carboxylic acids is 2. The van der Waals surface area contributed by atoms with Crippen molar-refractivity contribution in [3.63, 3.8) is 0 Å². The third kappa shape index (κ3) is 2.21. The predicted octanol–water partition coefficient (Wildman–Crippen LogP) is 2.21. The fourth-order valence-corrected chi connectivity index (χ4v) is 1.67. The van der Waals surface area contributed by atoms with Crippen LogP contribution in [0.25, 0.3) is 0 Å². The molecule has 0 heterocycles. The van der Waals surface area contributed by atoms with Gasteiger partial charge in [-0.2, -0.15) is 0 Å². The Labute approximate surface area is 93.5 Å². The summed E-state index contributed by atoms with van der Waals surface area (Å²) in [6.07, 6.45) is 1.20. The summed E-state index contributed by atoms with van der Waals surface area (Å²) in [6.45, 7) is 3.72. The third-order valence-electron chi connectivity index (χ3n) is 2.51. The van der Waals surface area contributed by atoms with E-state index in [1.165, 1.54) is 6.07 Å². The first kappa shape index (κ1) is 12.2. The van der Waals surface area contributed by atoms with Gasteiger partial charge in [-0.25, -0.2) is 9.59 Å². The van der Waals surface area contributed by atoms with Gasteiger partial charge in [0.15, 0.2) is 0 Å². The Morgan fingerprint density at radius 1 is 1.06 bits per heavy atom. The number of benzene rings is 1. The van der Waals surface area contributed by atoms with Crippen LogP contribution in [0.2, 0.25) is 0 Å². The molecule has 0 unspecified atom stereocenters. The van der Waals surface area contributed by atoms with Gasteiger partial charge in [0.1, 0.15) is 0 Å². The third-order valence-corrected chi connectivity index (χ3v) is 2.51. The molecule has 0 amide bonds. The van der Waals surface area contributed by atoms with Crippen molar-refractivity contribution in [2.45, 2.75) is 26.7 Å². The van der Waals surface area contributed by atoms with Crippen LogP contribution in [0.15, 0.2) is 12.1 Å². The molecule has 0 saturated heterocycles. The second kappa shape index (κ2) is 4.79. The largest absolute Gasteiger partial charge is 0.478 e. The van der Waals surface area contributed by atoms with Crippen LogP contribution in [0, 0.1) is 0 Å². The second-order valence-corrected chi connectivity index (χ2v) is 3.49. The highest BCUT2D eigenvalue weighted by atomic mass is 16.4. The molecule has 1 aromatic carbocycles. The molecule has 0 fully saturated rings. The molecule has 86 valence electrons. The molecule has 4 heteroatoms. The number of carboxylic acid groups (broad SMARTS) is 2. The molecule has 0 radical (unpaired) electrons. The van der Waals surface area contributed by atoms with E-state index in [1.54, 1.807) is 6.07 Å². The summed E-state index contributed by atoms with van der Waals surface area (Å²) in [5.41, 5.74) is 1.21. The molecule has 1 aromatic rings. The van der Waals surface area contributed by atoms with Crippen LogP contribution in [0.5, 0.6) is 0 Å². The van der Waals surface area contributed by atoms with Crippen LogP contribution in [-0.4, -0.2) is 22.2 Å². The molecular formula is C12H14O4. The number of rotatable bonds is 4. The molecular weight excluding hydrogens is 208 g/mol. The van der Waals surface area contributed by atoms with Gasteiger partial charge in [-0.05, 0) is 30.0 Å². The minimum atomic E-state index is -1.19. The Hall–Kier alpha value is -1.84. The summed E-state index contributed by atoms with van der Waals surface area (Å²) in [7, 11) is 0. The Balaban J connectivity index is 3.53. The van der Waals surface area contributed by atoms with E-state index >= 15 is 0 Å². The van der Waals surface area contributed by atoms with Crippen LogP contribution in [0.3, 0.4) is 0 Å². The maximum Gasteiger partial charge on any atom is 0.336 e. The topological polar surface area (TPSA) is 74.6 Å². The molecule has 1 rings (SSSR count). The quantitative estimate of drug-likeness (QED) is 0.819. The fraction of sp³-hybridized carbons (Fsp3) is 0.333. The normalized spacial score (nSPS) is 10.1. The number of carboxylic acids is 2. The van der Waals surface area contributed by atoms with Gasteiger partial charge >= 0.3 is 11.9 Å². The fourth-order valence-electron chi connectivity index (χ4n) is 1.67. The number of hydrogen-bond acceptors (Lipinski definition) is 2. The zero-order valence-corrected chi connectivity index (χ0v) is 9.28.